The van der Waals surface area contributed by atoms with Gasteiger partial charge in [-0.3, -0.25) is 4.79 Å². The lowest BCUT2D eigenvalue weighted by Gasteiger charge is -2.30. The van der Waals surface area contributed by atoms with Gasteiger partial charge in [0, 0.05) is 26.2 Å². The summed E-state index contributed by atoms with van der Waals surface area (Å²) in [5, 5.41) is 3.15. The number of nitrogens with zero attached hydrogens (tertiary/aromatic N) is 2. The number of rotatable bonds is 7. The highest BCUT2D eigenvalue weighted by Crippen LogP contribution is 2.25. The average Bonchev–Trinajstić information content (AvgIpc) is 3.21. The lowest BCUT2D eigenvalue weighted by molar-refractivity contribution is 0.0950. The normalized spacial score (nSPS) is 21.7. The number of benzene rings is 1. The van der Waals surface area contributed by atoms with E-state index in [1.54, 1.807) is 0 Å². The van der Waals surface area contributed by atoms with E-state index in [9.17, 15) is 13.2 Å². The molecule has 1 amide bonds. The number of likely N-dealkylation sites (tertiary alicyclic amines) is 1. The quantitative estimate of drug-likeness (QED) is 0.679. The van der Waals surface area contributed by atoms with Crippen molar-refractivity contribution < 1.29 is 13.2 Å². The lowest BCUT2D eigenvalue weighted by Crippen LogP contribution is -2.36. The zero-order valence-corrected chi connectivity index (χ0v) is 18.1. The molecule has 0 bridgehead atoms. The number of carbonyl (C=O) groups excluding carboxylic acids is 1. The molecule has 1 aromatic carbocycles. The SMILES string of the molecule is C[C@@H]1CCCN(CCCNC(=O)c2cc(S(=O)(=O)N3CCCC3)ccc2Cl)C1. The van der Waals surface area contributed by atoms with Crippen molar-refractivity contribution in [3.05, 3.63) is 28.8 Å². The van der Waals surface area contributed by atoms with Crippen molar-refractivity contribution in [2.24, 2.45) is 5.92 Å². The molecule has 1 N–H and O–H groups in total. The number of hydrogen-bond donors (Lipinski definition) is 1. The third kappa shape index (κ3) is 5.26. The maximum absolute atomic E-state index is 12.7. The first kappa shape index (κ1) is 21.6. The second kappa shape index (κ2) is 9.57. The van der Waals surface area contributed by atoms with Crippen LogP contribution in [0.4, 0.5) is 0 Å². The van der Waals surface area contributed by atoms with Crippen molar-refractivity contribution in [2.75, 3.05) is 39.3 Å². The van der Waals surface area contributed by atoms with Crippen LogP contribution >= 0.6 is 11.6 Å². The van der Waals surface area contributed by atoms with Gasteiger partial charge in [0.25, 0.3) is 5.91 Å². The van der Waals surface area contributed by atoms with Gasteiger partial charge in [-0.2, -0.15) is 4.31 Å². The molecule has 3 rings (SSSR count). The monoisotopic (exact) mass is 427 g/mol. The minimum absolute atomic E-state index is 0.131. The number of halogens is 1. The molecule has 2 saturated heterocycles. The van der Waals surface area contributed by atoms with E-state index in [0.29, 0.717) is 19.6 Å². The molecule has 1 atom stereocenters. The zero-order valence-electron chi connectivity index (χ0n) is 16.5. The lowest BCUT2D eigenvalue weighted by atomic mass is 10.0. The summed E-state index contributed by atoms with van der Waals surface area (Å²) >= 11 is 6.17. The fourth-order valence-electron chi connectivity index (χ4n) is 4.01. The molecule has 0 radical (unpaired) electrons. The van der Waals surface area contributed by atoms with Gasteiger partial charge in [-0.1, -0.05) is 18.5 Å². The predicted octanol–water partition coefficient (Wildman–Crippen LogP) is 2.98. The molecule has 28 heavy (non-hydrogen) atoms. The van der Waals surface area contributed by atoms with Gasteiger partial charge < -0.3 is 10.2 Å². The van der Waals surface area contributed by atoms with E-state index in [0.717, 1.165) is 44.8 Å². The van der Waals surface area contributed by atoms with Crippen LogP contribution in [0.15, 0.2) is 23.1 Å². The second-order valence-electron chi connectivity index (χ2n) is 7.91. The van der Waals surface area contributed by atoms with E-state index < -0.39 is 10.0 Å². The molecule has 8 heteroatoms. The fraction of sp³-hybridized carbons (Fsp3) is 0.650. The number of piperidine rings is 1. The van der Waals surface area contributed by atoms with E-state index in [1.807, 2.05) is 0 Å². The highest BCUT2D eigenvalue weighted by Gasteiger charge is 2.28. The van der Waals surface area contributed by atoms with Crippen molar-refractivity contribution in [2.45, 2.75) is 43.9 Å². The second-order valence-corrected chi connectivity index (χ2v) is 10.3. The Bertz CT molecular complexity index is 794. The molecule has 1 aromatic rings. The van der Waals surface area contributed by atoms with Gasteiger partial charge in [0.05, 0.1) is 15.5 Å². The minimum atomic E-state index is -3.57. The largest absolute Gasteiger partial charge is 0.352 e. The Morgan fingerprint density at radius 1 is 1.21 bits per heavy atom. The van der Waals surface area contributed by atoms with Gasteiger partial charge in [0.1, 0.15) is 0 Å². The smallest absolute Gasteiger partial charge is 0.252 e. The van der Waals surface area contributed by atoms with E-state index in [2.05, 4.69) is 17.1 Å². The van der Waals surface area contributed by atoms with Gasteiger partial charge >= 0.3 is 0 Å². The molecule has 2 aliphatic heterocycles. The summed E-state index contributed by atoms with van der Waals surface area (Å²) in [5.74, 6) is 0.415. The fourth-order valence-corrected chi connectivity index (χ4v) is 5.75. The van der Waals surface area contributed by atoms with Gasteiger partial charge in [0.15, 0.2) is 0 Å². The highest BCUT2D eigenvalue weighted by molar-refractivity contribution is 7.89. The third-order valence-corrected chi connectivity index (χ3v) is 7.79. The molecule has 0 spiro atoms. The van der Waals surface area contributed by atoms with Crippen LogP contribution in [0.3, 0.4) is 0 Å². The van der Waals surface area contributed by atoms with Crippen LogP contribution in [-0.4, -0.2) is 62.8 Å². The van der Waals surface area contributed by atoms with Crippen molar-refractivity contribution >= 4 is 27.5 Å². The Hall–Kier alpha value is -1.15. The molecule has 6 nitrogen and oxygen atoms in total. The number of amides is 1. The average molecular weight is 428 g/mol. The first-order valence-electron chi connectivity index (χ1n) is 10.2. The van der Waals surface area contributed by atoms with E-state index in [4.69, 9.17) is 11.6 Å². The predicted molar refractivity (Wildman–Crippen MR) is 111 cm³/mol. The molecule has 2 aliphatic rings. The summed E-state index contributed by atoms with van der Waals surface area (Å²) in [7, 11) is -3.57. The van der Waals surface area contributed by atoms with Crippen LogP contribution in [0.25, 0.3) is 0 Å². The number of nitrogens with one attached hydrogen (secondary N) is 1. The standard InChI is InChI=1S/C20H30ClN3O3S/c1-16-6-4-10-23(15-16)11-5-9-22-20(25)18-14-17(7-8-19(18)21)28(26,27)24-12-2-3-13-24/h7-8,14,16H,2-6,9-13,15H2,1H3,(H,22,25)/t16-/m1/s1. The van der Waals surface area contributed by atoms with Crippen molar-refractivity contribution in [1.29, 1.82) is 0 Å². The van der Waals surface area contributed by atoms with Crippen LogP contribution in [0, 0.1) is 5.92 Å². The van der Waals surface area contributed by atoms with Crippen LogP contribution < -0.4 is 5.32 Å². The highest BCUT2D eigenvalue weighted by atomic mass is 35.5. The Morgan fingerprint density at radius 3 is 2.68 bits per heavy atom. The summed E-state index contributed by atoms with van der Waals surface area (Å²) in [4.78, 5) is 15.1. The van der Waals surface area contributed by atoms with Gasteiger partial charge in [-0.25, -0.2) is 8.42 Å². The Kier molecular flexibility index (Phi) is 7.36. The maximum atomic E-state index is 12.7. The van der Waals surface area contributed by atoms with Crippen LogP contribution in [0.2, 0.25) is 5.02 Å². The van der Waals surface area contributed by atoms with Gasteiger partial charge in [-0.15, -0.1) is 0 Å². The zero-order chi connectivity index (χ0) is 20.1. The summed E-state index contributed by atoms with van der Waals surface area (Å²) in [6.07, 6.45) is 5.14. The first-order valence-corrected chi connectivity index (χ1v) is 12.0. The third-order valence-electron chi connectivity index (χ3n) is 5.56. The summed E-state index contributed by atoms with van der Waals surface area (Å²) in [6, 6.07) is 4.37. The molecular formula is C20H30ClN3O3S. The summed E-state index contributed by atoms with van der Waals surface area (Å²) < 4.78 is 26.9. The van der Waals surface area contributed by atoms with E-state index in [1.165, 1.54) is 35.3 Å². The molecule has 156 valence electrons. The molecule has 0 aliphatic carbocycles. The molecule has 2 fully saturated rings. The number of sulfonamides is 1. The van der Waals surface area contributed by atoms with E-state index >= 15 is 0 Å². The number of hydrogen-bond acceptors (Lipinski definition) is 4. The molecule has 2 heterocycles. The summed E-state index contributed by atoms with van der Waals surface area (Å²) in [5.41, 5.74) is 0.216. The van der Waals surface area contributed by atoms with Gasteiger partial charge in [-0.05, 0) is 69.3 Å². The van der Waals surface area contributed by atoms with Crippen LogP contribution in [-0.2, 0) is 10.0 Å². The Labute approximate surface area is 173 Å². The number of carbonyl (C=O) groups is 1. The van der Waals surface area contributed by atoms with Gasteiger partial charge in [0.2, 0.25) is 10.0 Å². The Balaban J connectivity index is 1.57. The molecule has 0 saturated carbocycles. The Morgan fingerprint density at radius 2 is 1.96 bits per heavy atom. The van der Waals surface area contributed by atoms with E-state index in [-0.39, 0.29) is 21.4 Å². The van der Waals surface area contributed by atoms with Crippen molar-refractivity contribution in [3.8, 4) is 0 Å². The van der Waals surface area contributed by atoms with Crippen molar-refractivity contribution in [1.82, 2.24) is 14.5 Å². The molecule has 0 aromatic heterocycles. The van der Waals surface area contributed by atoms with Crippen LogP contribution in [0.1, 0.15) is 49.4 Å². The first-order chi connectivity index (χ1) is 13.4. The minimum Gasteiger partial charge on any atom is -0.352 e. The molecule has 0 unspecified atom stereocenters. The topological polar surface area (TPSA) is 69.7 Å². The summed E-state index contributed by atoms with van der Waals surface area (Å²) in [6.45, 7) is 7.09. The molecular weight excluding hydrogens is 398 g/mol. The van der Waals surface area contributed by atoms with Crippen molar-refractivity contribution in [3.63, 3.8) is 0 Å². The van der Waals surface area contributed by atoms with Crippen LogP contribution in [0.5, 0.6) is 0 Å². The maximum Gasteiger partial charge on any atom is 0.252 e.